The van der Waals surface area contributed by atoms with Crippen LogP contribution in [0.1, 0.15) is 10.5 Å². The van der Waals surface area contributed by atoms with Crippen molar-refractivity contribution in [1.29, 1.82) is 0 Å². The predicted molar refractivity (Wildman–Crippen MR) is 123 cm³/mol. The average Bonchev–Trinajstić information content (AvgIpc) is 3.37. The van der Waals surface area contributed by atoms with Gasteiger partial charge in [-0.1, -0.05) is 53.7 Å². The van der Waals surface area contributed by atoms with E-state index in [0.717, 1.165) is 31.7 Å². The van der Waals surface area contributed by atoms with E-state index in [9.17, 15) is 4.79 Å². The third kappa shape index (κ3) is 4.29. The lowest BCUT2D eigenvalue weighted by Gasteiger charge is -2.36. The molecule has 0 aliphatic carbocycles. The Hall–Kier alpha value is -4.20. The van der Waals surface area contributed by atoms with E-state index in [1.54, 1.807) is 18.5 Å². The molecule has 1 saturated heterocycles. The minimum atomic E-state index is -0.372. The highest BCUT2D eigenvalue weighted by Crippen LogP contribution is 2.21. The van der Waals surface area contributed by atoms with Crippen LogP contribution in [0.4, 0.5) is 17.3 Å². The highest BCUT2D eigenvalue weighted by Gasteiger charge is 2.19. The van der Waals surface area contributed by atoms with Crippen molar-refractivity contribution in [3.63, 3.8) is 0 Å². The van der Waals surface area contributed by atoms with Crippen molar-refractivity contribution in [2.75, 3.05) is 41.3 Å². The molecule has 0 spiro atoms. The maximum atomic E-state index is 12.5. The Labute approximate surface area is 185 Å². The number of nitrogens with zero attached hydrogens (tertiary/aromatic N) is 5. The van der Waals surface area contributed by atoms with Crippen LogP contribution in [0.2, 0.25) is 0 Å². The first-order valence-electron chi connectivity index (χ1n) is 10.5. The number of hydrogen-bond donors (Lipinski definition) is 1. The molecule has 0 bridgehead atoms. The molecule has 0 radical (unpaired) electrons. The van der Waals surface area contributed by atoms with Crippen molar-refractivity contribution < 1.29 is 9.32 Å². The quantitative estimate of drug-likeness (QED) is 0.520. The first-order valence-corrected chi connectivity index (χ1v) is 10.5. The molecule has 0 saturated carbocycles. The molecule has 5 rings (SSSR count). The van der Waals surface area contributed by atoms with Gasteiger partial charge in [0.1, 0.15) is 0 Å². The van der Waals surface area contributed by atoms with Crippen molar-refractivity contribution in [3.8, 4) is 11.3 Å². The Morgan fingerprint density at radius 1 is 0.844 bits per heavy atom. The molecule has 32 heavy (non-hydrogen) atoms. The van der Waals surface area contributed by atoms with Crippen LogP contribution in [-0.2, 0) is 0 Å². The van der Waals surface area contributed by atoms with Gasteiger partial charge in [-0.3, -0.25) is 4.79 Å². The van der Waals surface area contributed by atoms with Gasteiger partial charge >= 0.3 is 0 Å². The number of hydrogen-bond acceptors (Lipinski definition) is 7. The molecule has 1 aliphatic rings. The molecule has 160 valence electrons. The lowest BCUT2D eigenvalue weighted by atomic mass is 10.1. The van der Waals surface area contributed by atoms with Crippen molar-refractivity contribution >= 4 is 23.2 Å². The lowest BCUT2D eigenvalue weighted by molar-refractivity contribution is 0.101. The number of benzene rings is 2. The number of rotatable bonds is 5. The van der Waals surface area contributed by atoms with Gasteiger partial charge in [-0.2, -0.15) is 0 Å². The molecule has 1 fully saturated rings. The monoisotopic (exact) mass is 426 g/mol. The highest BCUT2D eigenvalue weighted by atomic mass is 16.5. The van der Waals surface area contributed by atoms with Crippen LogP contribution in [0.5, 0.6) is 0 Å². The number of aromatic nitrogens is 3. The van der Waals surface area contributed by atoms with Gasteiger partial charge in [0.25, 0.3) is 5.91 Å². The van der Waals surface area contributed by atoms with Crippen LogP contribution in [0.3, 0.4) is 0 Å². The minimum Gasteiger partial charge on any atom is -0.368 e. The Balaban J connectivity index is 1.18. The van der Waals surface area contributed by atoms with E-state index in [2.05, 4.69) is 54.5 Å². The smallest absolute Gasteiger partial charge is 0.277 e. The van der Waals surface area contributed by atoms with Crippen LogP contribution in [0.25, 0.3) is 11.3 Å². The second kappa shape index (κ2) is 8.89. The largest absolute Gasteiger partial charge is 0.368 e. The minimum absolute atomic E-state index is 0.199. The summed E-state index contributed by atoms with van der Waals surface area (Å²) >= 11 is 0. The summed E-state index contributed by atoms with van der Waals surface area (Å²) < 4.78 is 5.30. The van der Waals surface area contributed by atoms with Crippen molar-refractivity contribution in [1.82, 2.24) is 15.1 Å². The zero-order chi connectivity index (χ0) is 21.8. The summed E-state index contributed by atoms with van der Waals surface area (Å²) in [5.74, 6) is 0.823. The van der Waals surface area contributed by atoms with Gasteiger partial charge in [0.2, 0.25) is 5.95 Å². The zero-order valence-corrected chi connectivity index (χ0v) is 17.4. The van der Waals surface area contributed by atoms with Crippen LogP contribution in [0.15, 0.2) is 83.6 Å². The average molecular weight is 426 g/mol. The Bertz CT molecular complexity index is 1170. The van der Waals surface area contributed by atoms with Gasteiger partial charge in [-0.05, 0) is 12.1 Å². The van der Waals surface area contributed by atoms with Gasteiger partial charge < -0.3 is 19.6 Å². The number of amides is 1. The number of carbonyl (C=O) groups excluding carboxylic acids is 1. The maximum absolute atomic E-state index is 12.5. The summed E-state index contributed by atoms with van der Waals surface area (Å²) in [4.78, 5) is 25.9. The first-order chi connectivity index (χ1) is 15.8. The van der Waals surface area contributed by atoms with E-state index in [0.29, 0.717) is 17.4 Å². The SMILES string of the molecule is O=C(Nc1cnc(N2CCN(c3ccccc3)CC2)nc1)c1cc(-c2ccccc2)on1. The fourth-order valence-electron chi connectivity index (χ4n) is 3.67. The van der Waals surface area contributed by atoms with Gasteiger partial charge in [-0.25, -0.2) is 9.97 Å². The van der Waals surface area contributed by atoms with Gasteiger partial charge in [0, 0.05) is 43.5 Å². The number of nitrogens with one attached hydrogen (secondary N) is 1. The maximum Gasteiger partial charge on any atom is 0.277 e. The van der Waals surface area contributed by atoms with Crippen LogP contribution < -0.4 is 15.1 Å². The molecular weight excluding hydrogens is 404 g/mol. The Kier molecular flexibility index (Phi) is 5.48. The molecule has 2 aromatic carbocycles. The zero-order valence-electron chi connectivity index (χ0n) is 17.4. The topological polar surface area (TPSA) is 87.4 Å². The third-order valence-electron chi connectivity index (χ3n) is 5.38. The summed E-state index contributed by atoms with van der Waals surface area (Å²) in [6, 6.07) is 21.5. The summed E-state index contributed by atoms with van der Waals surface area (Å²) in [5, 5.41) is 6.64. The predicted octanol–water partition coefficient (Wildman–Crippen LogP) is 3.71. The van der Waals surface area contributed by atoms with E-state index in [1.807, 2.05) is 36.4 Å². The summed E-state index contributed by atoms with van der Waals surface area (Å²) in [7, 11) is 0. The second-order valence-corrected chi connectivity index (χ2v) is 7.48. The molecule has 1 amide bonds. The van der Waals surface area contributed by atoms with Crippen LogP contribution >= 0.6 is 0 Å². The Morgan fingerprint density at radius 3 is 2.16 bits per heavy atom. The highest BCUT2D eigenvalue weighted by molar-refractivity contribution is 6.03. The van der Waals surface area contributed by atoms with E-state index in [4.69, 9.17) is 4.52 Å². The molecule has 2 aromatic heterocycles. The van der Waals surface area contributed by atoms with Gasteiger partial charge in [-0.15, -0.1) is 0 Å². The molecule has 1 N–H and O–H groups in total. The molecular formula is C24H22N6O2. The number of carbonyl (C=O) groups is 1. The Morgan fingerprint density at radius 2 is 1.47 bits per heavy atom. The van der Waals surface area contributed by atoms with E-state index in [-0.39, 0.29) is 11.6 Å². The second-order valence-electron chi connectivity index (χ2n) is 7.48. The van der Waals surface area contributed by atoms with E-state index in [1.165, 1.54) is 5.69 Å². The molecule has 0 atom stereocenters. The summed E-state index contributed by atoms with van der Waals surface area (Å²) in [6.45, 7) is 3.48. The summed E-state index contributed by atoms with van der Waals surface area (Å²) in [5.41, 5.74) is 2.80. The molecule has 3 heterocycles. The van der Waals surface area contributed by atoms with Gasteiger partial charge in [0.05, 0.1) is 18.1 Å². The third-order valence-corrected chi connectivity index (χ3v) is 5.38. The molecule has 8 nitrogen and oxygen atoms in total. The number of anilines is 3. The summed E-state index contributed by atoms with van der Waals surface area (Å²) in [6.07, 6.45) is 3.23. The van der Waals surface area contributed by atoms with Crippen molar-refractivity contribution in [3.05, 3.63) is 84.8 Å². The fourth-order valence-corrected chi connectivity index (χ4v) is 3.67. The fraction of sp³-hybridized carbons (Fsp3) is 0.167. The van der Waals surface area contributed by atoms with E-state index < -0.39 is 0 Å². The lowest BCUT2D eigenvalue weighted by Crippen LogP contribution is -2.47. The van der Waals surface area contributed by atoms with E-state index >= 15 is 0 Å². The number of piperazine rings is 1. The standard InChI is InChI=1S/C24H22N6O2/c31-23(21-15-22(32-28-21)18-7-3-1-4-8-18)27-19-16-25-24(26-17-19)30-13-11-29(12-14-30)20-9-5-2-6-10-20/h1-10,15-17H,11-14H2,(H,27,31). The first kappa shape index (κ1) is 19.7. The van der Waals surface area contributed by atoms with Crippen LogP contribution in [0, 0.1) is 0 Å². The van der Waals surface area contributed by atoms with Crippen molar-refractivity contribution in [2.24, 2.45) is 0 Å². The molecule has 8 heteroatoms. The molecule has 1 aliphatic heterocycles. The normalized spacial score (nSPS) is 13.8. The molecule has 0 unspecified atom stereocenters. The van der Waals surface area contributed by atoms with Crippen molar-refractivity contribution in [2.45, 2.75) is 0 Å². The molecule has 4 aromatic rings. The number of para-hydroxylation sites is 1. The van der Waals surface area contributed by atoms with Gasteiger partial charge in [0.15, 0.2) is 11.5 Å². The van der Waals surface area contributed by atoms with Crippen LogP contribution in [-0.4, -0.2) is 47.2 Å².